The predicted molar refractivity (Wildman–Crippen MR) is 64.5 cm³/mol. The third kappa shape index (κ3) is 3.57. The van der Waals surface area contributed by atoms with Crippen molar-refractivity contribution in [3.05, 3.63) is 39.9 Å². The van der Waals surface area contributed by atoms with Crippen molar-refractivity contribution in [3.63, 3.8) is 0 Å². The largest absolute Gasteiger partial charge is 0.320 e. The second-order valence-corrected chi connectivity index (χ2v) is 4.12. The molecule has 0 aliphatic heterocycles. The van der Waals surface area contributed by atoms with Gasteiger partial charge in [0, 0.05) is 6.08 Å². The van der Waals surface area contributed by atoms with Crippen LogP contribution in [0.2, 0.25) is 10.0 Å². The highest BCUT2D eigenvalue weighted by Gasteiger charge is 2.07. The summed E-state index contributed by atoms with van der Waals surface area (Å²) in [6.07, 6.45) is 1.49. The third-order valence-electron chi connectivity index (χ3n) is 1.63. The Morgan fingerprint density at radius 3 is 2.27 bits per heavy atom. The van der Waals surface area contributed by atoms with E-state index in [1.165, 1.54) is 6.08 Å². The zero-order chi connectivity index (χ0) is 11.4. The molecule has 1 N–H and O–H groups in total. The Hall–Kier alpha value is -0.990. The fraction of sp³-hybridized carbons (Fsp3) is 0.182. The summed E-state index contributed by atoms with van der Waals surface area (Å²) in [6.45, 7) is 3.68. The molecule has 0 heterocycles. The van der Waals surface area contributed by atoms with Crippen LogP contribution in [0.1, 0.15) is 13.8 Å². The van der Waals surface area contributed by atoms with Crippen molar-refractivity contribution in [1.82, 2.24) is 0 Å². The number of anilines is 1. The minimum absolute atomic E-state index is 0.231. The Kier molecular flexibility index (Phi) is 4.18. The minimum Gasteiger partial charge on any atom is -0.320 e. The monoisotopic (exact) mass is 243 g/mol. The number of hydrogen-bond donors (Lipinski definition) is 1. The van der Waals surface area contributed by atoms with Gasteiger partial charge in [-0.25, -0.2) is 0 Å². The first-order chi connectivity index (χ1) is 7.00. The van der Waals surface area contributed by atoms with Gasteiger partial charge in [0.2, 0.25) is 5.91 Å². The molecule has 0 aliphatic rings. The quantitative estimate of drug-likeness (QED) is 0.785. The number of hydrogen-bond acceptors (Lipinski definition) is 1. The van der Waals surface area contributed by atoms with Crippen molar-refractivity contribution in [2.24, 2.45) is 0 Å². The summed E-state index contributed by atoms with van der Waals surface area (Å²) in [4.78, 5) is 11.4. The lowest BCUT2D eigenvalue weighted by Crippen LogP contribution is -2.09. The summed E-state index contributed by atoms with van der Waals surface area (Å²) in [5.74, 6) is -0.231. The fourth-order valence-corrected chi connectivity index (χ4v) is 1.53. The smallest absolute Gasteiger partial charge is 0.248 e. The van der Waals surface area contributed by atoms with Crippen molar-refractivity contribution >= 4 is 34.8 Å². The number of carbonyl (C=O) groups excluding carboxylic acids is 1. The van der Waals surface area contributed by atoms with Crippen molar-refractivity contribution < 1.29 is 4.79 Å². The van der Waals surface area contributed by atoms with Crippen LogP contribution in [0.5, 0.6) is 0 Å². The van der Waals surface area contributed by atoms with E-state index in [0.717, 1.165) is 5.57 Å². The normalized spacial score (nSPS) is 9.60. The summed E-state index contributed by atoms with van der Waals surface area (Å²) in [5, 5.41) is 3.49. The molecule has 4 heteroatoms. The van der Waals surface area contributed by atoms with E-state index in [0.29, 0.717) is 15.7 Å². The number of halogens is 2. The number of amides is 1. The average molecular weight is 244 g/mol. The standard InChI is InChI=1S/C11H11Cl2NO/c1-7(2)6-10(15)14-11-8(12)4-3-5-9(11)13/h3-6H,1-2H3,(H,14,15). The zero-order valence-corrected chi connectivity index (χ0v) is 9.99. The van der Waals surface area contributed by atoms with E-state index < -0.39 is 0 Å². The molecule has 1 aromatic rings. The Morgan fingerprint density at radius 1 is 1.27 bits per heavy atom. The van der Waals surface area contributed by atoms with Gasteiger partial charge in [0.25, 0.3) is 0 Å². The van der Waals surface area contributed by atoms with Crippen LogP contribution in [0.15, 0.2) is 29.8 Å². The lowest BCUT2D eigenvalue weighted by molar-refractivity contribution is -0.111. The summed E-state index contributed by atoms with van der Waals surface area (Å²) in [7, 11) is 0. The van der Waals surface area contributed by atoms with Crippen LogP contribution >= 0.6 is 23.2 Å². The molecular formula is C11H11Cl2NO. The van der Waals surface area contributed by atoms with E-state index in [1.54, 1.807) is 18.2 Å². The van der Waals surface area contributed by atoms with E-state index in [9.17, 15) is 4.79 Å². The second kappa shape index (κ2) is 5.19. The number of carbonyl (C=O) groups is 1. The van der Waals surface area contributed by atoms with E-state index in [1.807, 2.05) is 13.8 Å². The lowest BCUT2D eigenvalue weighted by atomic mass is 10.3. The first-order valence-corrected chi connectivity index (χ1v) is 5.16. The summed E-state index contributed by atoms with van der Waals surface area (Å²) in [5.41, 5.74) is 1.36. The Morgan fingerprint density at radius 2 is 1.80 bits per heavy atom. The zero-order valence-electron chi connectivity index (χ0n) is 8.47. The van der Waals surface area contributed by atoms with Crippen LogP contribution in [-0.2, 0) is 4.79 Å². The maximum atomic E-state index is 11.4. The van der Waals surface area contributed by atoms with Crippen molar-refractivity contribution in [3.8, 4) is 0 Å². The number of para-hydroxylation sites is 1. The summed E-state index contributed by atoms with van der Waals surface area (Å²) in [6, 6.07) is 5.07. The molecule has 0 bridgehead atoms. The molecule has 0 aromatic heterocycles. The van der Waals surface area contributed by atoms with Crippen molar-refractivity contribution in [2.75, 3.05) is 5.32 Å². The number of allylic oxidation sites excluding steroid dienone is 1. The van der Waals surface area contributed by atoms with Crippen LogP contribution in [0.3, 0.4) is 0 Å². The molecule has 1 amide bonds. The van der Waals surface area contributed by atoms with Gasteiger partial charge in [-0.2, -0.15) is 0 Å². The van der Waals surface area contributed by atoms with Crippen LogP contribution in [0.25, 0.3) is 0 Å². The third-order valence-corrected chi connectivity index (χ3v) is 2.26. The SMILES string of the molecule is CC(C)=CC(=O)Nc1c(Cl)cccc1Cl. The van der Waals surface area contributed by atoms with Crippen molar-refractivity contribution in [2.45, 2.75) is 13.8 Å². The predicted octanol–water partition coefficient (Wildman–Crippen LogP) is 3.90. The van der Waals surface area contributed by atoms with Crippen molar-refractivity contribution in [1.29, 1.82) is 0 Å². The Labute approximate surface area is 98.9 Å². The summed E-state index contributed by atoms with van der Waals surface area (Å²) >= 11 is 11.8. The van der Waals surface area contributed by atoms with Crippen LogP contribution in [0.4, 0.5) is 5.69 Å². The van der Waals surface area contributed by atoms with Gasteiger partial charge in [-0.15, -0.1) is 0 Å². The molecule has 0 saturated carbocycles. The number of nitrogens with one attached hydrogen (secondary N) is 1. The van der Waals surface area contributed by atoms with Gasteiger partial charge < -0.3 is 5.32 Å². The molecule has 0 unspecified atom stereocenters. The minimum atomic E-state index is -0.231. The molecule has 0 fully saturated rings. The first-order valence-electron chi connectivity index (χ1n) is 4.40. The van der Waals surface area contributed by atoms with Gasteiger partial charge in [-0.1, -0.05) is 34.8 Å². The molecule has 0 saturated heterocycles. The van der Waals surface area contributed by atoms with E-state index in [4.69, 9.17) is 23.2 Å². The highest BCUT2D eigenvalue weighted by Crippen LogP contribution is 2.29. The molecular weight excluding hydrogens is 233 g/mol. The number of rotatable bonds is 2. The molecule has 0 aliphatic carbocycles. The van der Waals surface area contributed by atoms with E-state index in [-0.39, 0.29) is 5.91 Å². The first kappa shape index (κ1) is 12.1. The molecule has 0 radical (unpaired) electrons. The maximum absolute atomic E-state index is 11.4. The average Bonchev–Trinajstić information content (AvgIpc) is 2.10. The molecule has 80 valence electrons. The Bertz CT molecular complexity index is 389. The molecule has 1 rings (SSSR count). The highest BCUT2D eigenvalue weighted by atomic mass is 35.5. The summed E-state index contributed by atoms with van der Waals surface area (Å²) < 4.78 is 0. The van der Waals surface area contributed by atoms with Gasteiger partial charge in [-0.05, 0) is 26.0 Å². The van der Waals surface area contributed by atoms with Crippen LogP contribution in [0, 0.1) is 0 Å². The lowest BCUT2D eigenvalue weighted by Gasteiger charge is -2.06. The van der Waals surface area contributed by atoms with Gasteiger partial charge in [0.1, 0.15) is 0 Å². The van der Waals surface area contributed by atoms with Gasteiger partial charge in [0.05, 0.1) is 15.7 Å². The molecule has 0 atom stereocenters. The molecule has 15 heavy (non-hydrogen) atoms. The molecule has 0 spiro atoms. The second-order valence-electron chi connectivity index (χ2n) is 3.31. The molecule has 2 nitrogen and oxygen atoms in total. The van der Waals surface area contributed by atoms with Gasteiger partial charge in [0.15, 0.2) is 0 Å². The topological polar surface area (TPSA) is 29.1 Å². The highest BCUT2D eigenvalue weighted by molar-refractivity contribution is 6.39. The molecule has 1 aromatic carbocycles. The van der Waals surface area contributed by atoms with Gasteiger partial charge >= 0.3 is 0 Å². The maximum Gasteiger partial charge on any atom is 0.248 e. The Balaban J connectivity index is 2.90. The van der Waals surface area contributed by atoms with E-state index in [2.05, 4.69) is 5.32 Å². The van der Waals surface area contributed by atoms with Crippen LogP contribution < -0.4 is 5.32 Å². The number of benzene rings is 1. The van der Waals surface area contributed by atoms with Crippen LogP contribution in [-0.4, -0.2) is 5.91 Å². The fourth-order valence-electron chi connectivity index (χ4n) is 1.04. The van der Waals surface area contributed by atoms with Gasteiger partial charge in [-0.3, -0.25) is 4.79 Å². The van der Waals surface area contributed by atoms with E-state index >= 15 is 0 Å².